The number of nitrogens with zero attached hydrogens (tertiary/aromatic N) is 2. The second-order valence-electron chi connectivity index (χ2n) is 7.58. The Hall–Kier alpha value is -1.60. The summed E-state index contributed by atoms with van der Waals surface area (Å²) in [7, 11) is -3.92. The molecular formula is C22H26Cl2N2O3S. The van der Waals surface area contributed by atoms with E-state index in [0.717, 1.165) is 31.2 Å². The van der Waals surface area contributed by atoms with Gasteiger partial charge in [-0.1, -0.05) is 59.8 Å². The number of rotatable bonds is 6. The third kappa shape index (κ3) is 5.55. The molecule has 1 amide bonds. The van der Waals surface area contributed by atoms with E-state index in [0.29, 0.717) is 28.7 Å². The molecule has 1 aliphatic heterocycles. The number of hydrogen-bond donors (Lipinski definition) is 0. The van der Waals surface area contributed by atoms with E-state index in [9.17, 15) is 13.2 Å². The summed E-state index contributed by atoms with van der Waals surface area (Å²) in [5.41, 5.74) is 1.44. The van der Waals surface area contributed by atoms with Crippen molar-refractivity contribution in [3.8, 4) is 0 Å². The Morgan fingerprint density at radius 2 is 1.53 bits per heavy atom. The van der Waals surface area contributed by atoms with Crippen LogP contribution in [0.15, 0.2) is 47.4 Å². The van der Waals surface area contributed by atoms with Gasteiger partial charge in [0.2, 0.25) is 15.9 Å². The number of benzene rings is 2. The molecule has 3 rings (SSSR count). The Morgan fingerprint density at radius 3 is 2.10 bits per heavy atom. The maximum Gasteiger partial charge on any atom is 0.243 e. The molecule has 1 aliphatic rings. The van der Waals surface area contributed by atoms with Crippen molar-refractivity contribution in [3.05, 3.63) is 63.6 Å². The summed E-state index contributed by atoms with van der Waals surface area (Å²) < 4.78 is 28.0. The van der Waals surface area contributed by atoms with Crippen molar-refractivity contribution in [2.24, 2.45) is 0 Å². The standard InChI is InChI=1S/C22H26Cl2N2O3S/c1-17-9-11-18(12-10-17)30(28,29)26(15-19-20(23)7-6-8-21(19)24)16-22(27)25-13-4-2-3-5-14-25/h6-12H,2-5,13-16H2,1H3. The van der Waals surface area contributed by atoms with Crippen molar-refractivity contribution in [2.45, 2.75) is 44.0 Å². The van der Waals surface area contributed by atoms with Crippen molar-refractivity contribution in [3.63, 3.8) is 0 Å². The SMILES string of the molecule is Cc1ccc(S(=O)(=O)N(CC(=O)N2CCCCCC2)Cc2c(Cl)cccc2Cl)cc1. The summed E-state index contributed by atoms with van der Waals surface area (Å²) in [6.07, 6.45) is 4.05. The highest BCUT2D eigenvalue weighted by molar-refractivity contribution is 7.89. The fourth-order valence-electron chi connectivity index (χ4n) is 3.52. The van der Waals surface area contributed by atoms with Gasteiger partial charge in [-0.15, -0.1) is 0 Å². The number of amides is 1. The highest BCUT2D eigenvalue weighted by Gasteiger charge is 2.30. The lowest BCUT2D eigenvalue weighted by Gasteiger charge is -2.27. The molecule has 0 unspecified atom stereocenters. The number of likely N-dealkylation sites (tertiary alicyclic amines) is 1. The summed E-state index contributed by atoms with van der Waals surface area (Å²) in [5, 5.41) is 0.739. The van der Waals surface area contributed by atoms with Gasteiger partial charge in [0.1, 0.15) is 0 Å². The minimum atomic E-state index is -3.92. The van der Waals surface area contributed by atoms with E-state index in [1.807, 2.05) is 6.92 Å². The first-order valence-electron chi connectivity index (χ1n) is 10.1. The summed E-state index contributed by atoms with van der Waals surface area (Å²) in [6, 6.07) is 11.6. The largest absolute Gasteiger partial charge is 0.342 e. The van der Waals surface area contributed by atoms with Gasteiger partial charge in [-0.2, -0.15) is 4.31 Å². The van der Waals surface area contributed by atoms with Crippen LogP contribution in [0.2, 0.25) is 10.0 Å². The summed E-state index contributed by atoms with van der Waals surface area (Å²) in [6.45, 7) is 2.88. The predicted octanol–water partition coefficient (Wildman–Crippen LogP) is 4.90. The minimum absolute atomic E-state index is 0.0751. The third-order valence-electron chi connectivity index (χ3n) is 5.33. The number of carbonyl (C=O) groups excluding carboxylic acids is 1. The molecule has 2 aromatic carbocycles. The Morgan fingerprint density at radius 1 is 0.967 bits per heavy atom. The molecule has 0 N–H and O–H groups in total. The normalized spacial score (nSPS) is 15.3. The van der Waals surface area contributed by atoms with Crippen LogP contribution in [0.1, 0.15) is 36.8 Å². The average Bonchev–Trinajstić information content (AvgIpc) is 3.00. The summed E-state index contributed by atoms with van der Waals surface area (Å²) in [5.74, 6) is -0.198. The molecule has 0 aromatic heterocycles. The second-order valence-corrected chi connectivity index (χ2v) is 10.3. The number of hydrogen-bond acceptors (Lipinski definition) is 3. The second kappa shape index (κ2) is 10.1. The quantitative estimate of drug-likeness (QED) is 0.605. The Labute approximate surface area is 188 Å². The molecule has 0 spiro atoms. The smallest absolute Gasteiger partial charge is 0.243 e. The lowest BCUT2D eigenvalue weighted by Crippen LogP contribution is -2.43. The zero-order valence-electron chi connectivity index (χ0n) is 17.0. The summed E-state index contributed by atoms with van der Waals surface area (Å²) in [4.78, 5) is 14.9. The van der Waals surface area contributed by atoms with Crippen molar-refractivity contribution < 1.29 is 13.2 Å². The maximum absolute atomic E-state index is 13.4. The first-order valence-corrected chi connectivity index (χ1v) is 12.3. The monoisotopic (exact) mass is 468 g/mol. The van der Waals surface area contributed by atoms with E-state index < -0.39 is 10.0 Å². The van der Waals surface area contributed by atoms with Gasteiger partial charge in [-0.25, -0.2) is 8.42 Å². The van der Waals surface area contributed by atoms with Crippen molar-refractivity contribution >= 4 is 39.1 Å². The van der Waals surface area contributed by atoms with Gasteiger partial charge >= 0.3 is 0 Å². The molecule has 5 nitrogen and oxygen atoms in total. The van der Waals surface area contributed by atoms with Crippen LogP contribution in [0.5, 0.6) is 0 Å². The van der Waals surface area contributed by atoms with Gasteiger partial charge in [0.15, 0.2) is 0 Å². The highest BCUT2D eigenvalue weighted by Crippen LogP contribution is 2.28. The first kappa shape index (κ1) is 23.1. The van der Waals surface area contributed by atoms with E-state index in [-0.39, 0.29) is 23.9 Å². The molecule has 162 valence electrons. The number of halogens is 2. The van der Waals surface area contributed by atoms with Crippen LogP contribution in [0, 0.1) is 6.92 Å². The van der Waals surface area contributed by atoms with E-state index >= 15 is 0 Å². The number of carbonyl (C=O) groups is 1. The van der Waals surface area contributed by atoms with Crippen LogP contribution in [0.25, 0.3) is 0 Å². The van der Waals surface area contributed by atoms with Crippen LogP contribution in [-0.4, -0.2) is 43.2 Å². The molecule has 0 atom stereocenters. The average molecular weight is 469 g/mol. The zero-order chi connectivity index (χ0) is 21.7. The summed E-state index contributed by atoms with van der Waals surface area (Å²) >= 11 is 12.6. The lowest BCUT2D eigenvalue weighted by atomic mass is 10.2. The van der Waals surface area contributed by atoms with Crippen molar-refractivity contribution in [1.82, 2.24) is 9.21 Å². The van der Waals surface area contributed by atoms with Gasteiger partial charge in [0.05, 0.1) is 11.4 Å². The topological polar surface area (TPSA) is 57.7 Å². The predicted molar refractivity (Wildman–Crippen MR) is 120 cm³/mol. The van der Waals surface area contributed by atoms with E-state index in [2.05, 4.69) is 0 Å². The van der Waals surface area contributed by atoms with E-state index in [1.54, 1.807) is 47.4 Å². The lowest BCUT2D eigenvalue weighted by molar-refractivity contribution is -0.131. The highest BCUT2D eigenvalue weighted by atomic mass is 35.5. The Kier molecular flexibility index (Phi) is 7.80. The van der Waals surface area contributed by atoms with Crippen LogP contribution < -0.4 is 0 Å². The van der Waals surface area contributed by atoms with Crippen molar-refractivity contribution in [2.75, 3.05) is 19.6 Å². The van der Waals surface area contributed by atoms with Crippen LogP contribution >= 0.6 is 23.2 Å². The molecule has 1 saturated heterocycles. The molecule has 1 heterocycles. The molecule has 0 aliphatic carbocycles. The van der Waals surface area contributed by atoms with Gasteiger partial charge in [0.25, 0.3) is 0 Å². The Bertz CT molecular complexity index is 966. The minimum Gasteiger partial charge on any atom is -0.342 e. The van der Waals surface area contributed by atoms with E-state index in [1.165, 1.54) is 4.31 Å². The third-order valence-corrected chi connectivity index (χ3v) is 7.84. The van der Waals surface area contributed by atoms with E-state index in [4.69, 9.17) is 23.2 Å². The molecule has 0 saturated carbocycles. The number of aryl methyl sites for hydroxylation is 1. The zero-order valence-corrected chi connectivity index (χ0v) is 19.3. The number of sulfonamides is 1. The Balaban J connectivity index is 1.93. The fraction of sp³-hybridized carbons (Fsp3) is 0.409. The van der Waals surface area contributed by atoms with Crippen LogP contribution in [0.3, 0.4) is 0 Å². The van der Waals surface area contributed by atoms with Crippen molar-refractivity contribution in [1.29, 1.82) is 0 Å². The molecule has 0 radical (unpaired) electrons. The maximum atomic E-state index is 13.4. The molecule has 0 bridgehead atoms. The fourth-order valence-corrected chi connectivity index (χ4v) is 5.39. The van der Waals surface area contributed by atoms with Gasteiger partial charge in [0, 0.05) is 35.2 Å². The van der Waals surface area contributed by atoms with Crippen LogP contribution in [0.4, 0.5) is 0 Å². The van der Waals surface area contributed by atoms with Gasteiger partial charge < -0.3 is 4.90 Å². The van der Waals surface area contributed by atoms with Crippen LogP contribution in [-0.2, 0) is 21.4 Å². The van der Waals surface area contributed by atoms with Gasteiger partial charge in [-0.3, -0.25) is 4.79 Å². The molecule has 2 aromatic rings. The molecular weight excluding hydrogens is 443 g/mol. The molecule has 30 heavy (non-hydrogen) atoms. The molecule has 8 heteroatoms. The van der Waals surface area contributed by atoms with Gasteiger partial charge in [-0.05, 0) is 44.0 Å². The first-order chi connectivity index (χ1) is 14.3. The molecule has 1 fully saturated rings.